The molecule has 0 spiro atoms. The number of rotatable bonds is 5. The number of esters is 1. The van der Waals surface area contributed by atoms with Gasteiger partial charge in [0.05, 0.1) is 10.6 Å². The van der Waals surface area contributed by atoms with Crippen molar-refractivity contribution in [3.8, 4) is 11.1 Å². The van der Waals surface area contributed by atoms with E-state index in [-0.39, 0.29) is 0 Å². The molecule has 0 aliphatic carbocycles. The molecule has 0 saturated carbocycles. The number of hydrogen-bond donors (Lipinski definition) is 1. The normalized spacial score (nSPS) is 10.2. The molecule has 2 aromatic carbocycles. The van der Waals surface area contributed by atoms with Crippen LogP contribution >= 0.6 is 11.6 Å². The van der Waals surface area contributed by atoms with E-state index in [1.807, 2.05) is 42.5 Å². The Labute approximate surface area is 155 Å². The second-order valence-electron chi connectivity index (χ2n) is 5.43. The predicted molar refractivity (Wildman–Crippen MR) is 100 cm³/mol. The first-order valence-corrected chi connectivity index (χ1v) is 8.23. The number of benzene rings is 2. The molecule has 0 fully saturated rings. The summed E-state index contributed by atoms with van der Waals surface area (Å²) in [4.78, 5) is 27.8. The number of pyridine rings is 1. The molecule has 0 aliphatic heterocycles. The van der Waals surface area contributed by atoms with Crippen molar-refractivity contribution in [3.05, 3.63) is 83.5 Å². The Morgan fingerprint density at radius 3 is 2.27 bits per heavy atom. The van der Waals surface area contributed by atoms with Crippen LogP contribution in [0.2, 0.25) is 5.02 Å². The Hall–Kier alpha value is -3.18. The molecule has 0 radical (unpaired) electrons. The first-order valence-electron chi connectivity index (χ1n) is 7.86. The summed E-state index contributed by atoms with van der Waals surface area (Å²) in [6.45, 7) is -0.399. The van der Waals surface area contributed by atoms with Gasteiger partial charge in [-0.2, -0.15) is 0 Å². The van der Waals surface area contributed by atoms with Crippen molar-refractivity contribution in [2.24, 2.45) is 0 Å². The number of nitrogens with one attached hydrogen (secondary N) is 1. The van der Waals surface area contributed by atoms with Crippen LogP contribution in [0.1, 0.15) is 10.4 Å². The summed E-state index contributed by atoms with van der Waals surface area (Å²) in [6, 6.07) is 20.0. The minimum atomic E-state index is -0.566. The Morgan fingerprint density at radius 2 is 1.62 bits per heavy atom. The standard InChI is InChI=1S/C20H15ClN2O3/c21-17-10-11-18(22-12-17)23-19(24)13-26-20(25)16-8-6-15(7-9-16)14-4-2-1-3-5-14/h1-12H,13H2,(H,22,23,24). The third kappa shape index (κ3) is 4.68. The van der Waals surface area contributed by atoms with Gasteiger partial charge in [0, 0.05) is 6.20 Å². The zero-order valence-corrected chi connectivity index (χ0v) is 14.4. The van der Waals surface area contributed by atoms with Crippen molar-refractivity contribution in [2.75, 3.05) is 11.9 Å². The van der Waals surface area contributed by atoms with Gasteiger partial charge >= 0.3 is 5.97 Å². The lowest BCUT2D eigenvalue weighted by Crippen LogP contribution is -2.21. The van der Waals surface area contributed by atoms with Crippen LogP contribution in [0.15, 0.2) is 72.9 Å². The van der Waals surface area contributed by atoms with Gasteiger partial charge in [0.15, 0.2) is 6.61 Å². The zero-order chi connectivity index (χ0) is 18.4. The number of halogens is 1. The fraction of sp³-hybridized carbons (Fsp3) is 0.0500. The highest BCUT2D eigenvalue weighted by Gasteiger charge is 2.11. The van der Waals surface area contributed by atoms with Crippen LogP contribution in [0.4, 0.5) is 5.82 Å². The summed E-state index contributed by atoms with van der Waals surface area (Å²) in [5.41, 5.74) is 2.43. The van der Waals surface area contributed by atoms with Gasteiger partial charge < -0.3 is 10.1 Å². The third-order valence-electron chi connectivity index (χ3n) is 3.56. The highest BCUT2D eigenvalue weighted by molar-refractivity contribution is 6.30. The van der Waals surface area contributed by atoms with E-state index in [0.29, 0.717) is 16.4 Å². The number of ether oxygens (including phenoxy) is 1. The molecule has 3 aromatic rings. The molecular formula is C20H15ClN2O3. The van der Waals surface area contributed by atoms with Crippen LogP contribution in [0.3, 0.4) is 0 Å². The summed E-state index contributed by atoms with van der Waals surface area (Å²) < 4.78 is 5.03. The number of nitrogens with zero attached hydrogens (tertiary/aromatic N) is 1. The van der Waals surface area contributed by atoms with Crippen molar-refractivity contribution >= 4 is 29.3 Å². The summed E-state index contributed by atoms with van der Waals surface area (Å²) in [5, 5.41) is 2.99. The van der Waals surface area contributed by atoms with Gasteiger partial charge in [0.1, 0.15) is 5.82 Å². The van der Waals surface area contributed by atoms with E-state index in [9.17, 15) is 9.59 Å². The zero-order valence-electron chi connectivity index (χ0n) is 13.7. The molecule has 0 aliphatic rings. The van der Waals surface area contributed by atoms with Crippen molar-refractivity contribution < 1.29 is 14.3 Å². The summed E-state index contributed by atoms with van der Waals surface area (Å²) in [5.74, 6) is -0.708. The molecule has 1 amide bonds. The second kappa shape index (κ2) is 8.27. The molecule has 6 heteroatoms. The predicted octanol–water partition coefficient (Wildman–Crippen LogP) is 4.20. The molecular weight excluding hydrogens is 352 g/mol. The molecule has 1 N–H and O–H groups in total. The minimum Gasteiger partial charge on any atom is -0.452 e. The maximum absolute atomic E-state index is 12.1. The average molecular weight is 367 g/mol. The van der Waals surface area contributed by atoms with E-state index < -0.39 is 18.5 Å². The van der Waals surface area contributed by atoms with E-state index in [0.717, 1.165) is 11.1 Å². The first kappa shape index (κ1) is 17.6. The van der Waals surface area contributed by atoms with E-state index in [1.54, 1.807) is 24.3 Å². The van der Waals surface area contributed by atoms with E-state index in [2.05, 4.69) is 10.3 Å². The molecule has 5 nitrogen and oxygen atoms in total. The SMILES string of the molecule is O=C(COC(=O)c1ccc(-c2ccccc2)cc1)Nc1ccc(Cl)cn1. The Bertz CT molecular complexity index is 895. The van der Waals surface area contributed by atoms with Crippen LogP contribution in [-0.4, -0.2) is 23.5 Å². The Morgan fingerprint density at radius 1 is 0.923 bits per heavy atom. The largest absolute Gasteiger partial charge is 0.452 e. The van der Waals surface area contributed by atoms with E-state index >= 15 is 0 Å². The maximum Gasteiger partial charge on any atom is 0.338 e. The van der Waals surface area contributed by atoms with Gasteiger partial charge in [-0.1, -0.05) is 54.1 Å². The van der Waals surface area contributed by atoms with Gasteiger partial charge in [-0.25, -0.2) is 9.78 Å². The maximum atomic E-state index is 12.1. The number of carbonyl (C=O) groups excluding carboxylic acids is 2. The smallest absolute Gasteiger partial charge is 0.338 e. The highest BCUT2D eigenvalue weighted by atomic mass is 35.5. The van der Waals surface area contributed by atoms with Gasteiger partial charge in [0.25, 0.3) is 5.91 Å². The quantitative estimate of drug-likeness (QED) is 0.687. The van der Waals surface area contributed by atoms with E-state index in [4.69, 9.17) is 16.3 Å². The van der Waals surface area contributed by atoms with Crippen LogP contribution in [0.25, 0.3) is 11.1 Å². The molecule has 130 valence electrons. The molecule has 3 rings (SSSR count). The van der Waals surface area contributed by atoms with Crippen LogP contribution in [0.5, 0.6) is 0 Å². The van der Waals surface area contributed by atoms with Crippen LogP contribution in [0, 0.1) is 0 Å². The Balaban J connectivity index is 1.54. The van der Waals surface area contributed by atoms with Crippen molar-refractivity contribution in [3.63, 3.8) is 0 Å². The average Bonchev–Trinajstić information content (AvgIpc) is 2.69. The van der Waals surface area contributed by atoms with Crippen LogP contribution < -0.4 is 5.32 Å². The molecule has 0 saturated heterocycles. The lowest BCUT2D eigenvalue weighted by atomic mass is 10.0. The topological polar surface area (TPSA) is 68.3 Å². The molecule has 0 unspecified atom stereocenters. The summed E-state index contributed by atoms with van der Waals surface area (Å²) in [7, 11) is 0. The molecule has 0 atom stereocenters. The van der Waals surface area contributed by atoms with Gasteiger partial charge in [-0.15, -0.1) is 0 Å². The third-order valence-corrected chi connectivity index (χ3v) is 3.78. The first-order chi connectivity index (χ1) is 12.6. The second-order valence-corrected chi connectivity index (χ2v) is 5.87. The van der Waals surface area contributed by atoms with Crippen molar-refractivity contribution in [1.82, 2.24) is 4.98 Å². The highest BCUT2D eigenvalue weighted by Crippen LogP contribution is 2.19. The van der Waals surface area contributed by atoms with Crippen molar-refractivity contribution in [2.45, 2.75) is 0 Å². The summed E-state index contributed by atoms with van der Waals surface area (Å²) in [6.07, 6.45) is 1.41. The lowest BCUT2D eigenvalue weighted by molar-refractivity contribution is -0.119. The Kier molecular flexibility index (Phi) is 5.61. The minimum absolute atomic E-state index is 0.336. The van der Waals surface area contributed by atoms with Gasteiger partial charge in [-0.3, -0.25) is 4.79 Å². The molecule has 0 bridgehead atoms. The van der Waals surface area contributed by atoms with Gasteiger partial charge in [-0.05, 0) is 35.4 Å². The number of hydrogen-bond acceptors (Lipinski definition) is 4. The van der Waals surface area contributed by atoms with Crippen LogP contribution in [-0.2, 0) is 9.53 Å². The summed E-state index contributed by atoms with van der Waals surface area (Å²) >= 11 is 5.72. The molecule has 26 heavy (non-hydrogen) atoms. The fourth-order valence-electron chi connectivity index (χ4n) is 2.27. The van der Waals surface area contributed by atoms with Gasteiger partial charge in [0.2, 0.25) is 0 Å². The van der Waals surface area contributed by atoms with E-state index in [1.165, 1.54) is 6.20 Å². The van der Waals surface area contributed by atoms with Crippen molar-refractivity contribution in [1.29, 1.82) is 0 Å². The number of carbonyl (C=O) groups is 2. The molecule has 1 aromatic heterocycles. The number of aromatic nitrogens is 1. The molecule has 1 heterocycles. The number of anilines is 1. The monoisotopic (exact) mass is 366 g/mol. The fourth-order valence-corrected chi connectivity index (χ4v) is 2.38. The lowest BCUT2D eigenvalue weighted by Gasteiger charge is -2.07. The number of amides is 1.